The molecule has 4 N–H and O–H groups in total. The summed E-state index contributed by atoms with van der Waals surface area (Å²) < 4.78 is 39.5. The molecule has 0 bridgehead atoms. The van der Waals surface area contributed by atoms with Gasteiger partial charge in [0.15, 0.2) is 0 Å². The van der Waals surface area contributed by atoms with E-state index >= 15 is 0 Å². The molecule has 1 aromatic carbocycles. The summed E-state index contributed by atoms with van der Waals surface area (Å²) in [6.45, 7) is 4.17. The van der Waals surface area contributed by atoms with Crippen molar-refractivity contribution in [2.45, 2.75) is 87.8 Å². The van der Waals surface area contributed by atoms with Crippen LogP contribution in [0.2, 0.25) is 0 Å². The largest absolute Gasteiger partial charge is 0.494 e. The van der Waals surface area contributed by atoms with Crippen molar-refractivity contribution in [3.63, 3.8) is 0 Å². The second kappa shape index (κ2) is 13.6. The number of nitrogens with two attached hydrogens (primary N) is 1. The fraction of sp³-hybridized carbons (Fsp3) is 0.576. The molecule has 2 aliphatic heterocycles. The SMILES string of the molecule is COc1cnc(O[C@@H]2C[C@H]3C(=O)N[C@]4(C(=O)NS(=O)(=O)C5CC5)C[C@H]4C=CCC[C@@H](C)C[C@@H](C)[C@H](N)C(=O)N3C2)c2ccccc12.Cl. The zero-order chi connectivity index (χ0) is 32.8. The van der Waals surface area contributed by atoms with Gasteiger partial charge in [-0.3, -0.25) is 19.1 Å². The number of amides is 3. The van der Waals surface area contributed by atoms with E-state index in [4.69, 9.17) is 15.2 Å². The van der Waals surface area contributed by atoms with E-state index in [1.165, 1.54) is 4.90 Å². The highest BCUT2D eigenvalue weighted by molar-refractivity contribution is 7.91. The number of carbonyl (C=O) groups excluding carboxylic acids is 3. The van der Waals surface area contributed by atoms with E-state index in [0.717, 1.165) is 30.0 Å². The fourth-order valence-electron chi connectivity index (χ4n) is 6.87. The molecule has 1 saturated heterocycles. The number of hydrogen-bond acceptors (Lipinski definition) is 9. The molecule has 0 spiro atoms. The maximum absolute atomic E-state index is 14.1. The second-order valence-electron chi connectivity index (χ2n) is 13.5. The van der Waals surface area contributed by atoms with Crippen LogP contribution >= 0.6 is 12.4 Å². The van der Waals surface area contributed by atoms with Crippen LogP contribution in [0.5, 0.6) is 11.6 Å². The summed E-state index contributed by atoms with van der Waals surface area (Å²) in [5.74, 6) is -0.950. The molecule has 0 unspecified atom stereocenters. The Morgan fingerprint density at radius 2 is 1.85 bits per heavy atom. The molecule has 4 aliphatic rings. The summed E-state index contributed by atoms with van der Waals surface area (Å²) in [4.78, 5) is 47.5. The van der Waals surface area contributed by atoms with Crippen LogP contribution in [0.25, 0.3) is 10.8 Å². The van der Waals surface area contributed by atoms with Gasteiger partial charge in [0.1, 0.15) is 23.4 Å². The van der Waals surface area contributed by atoms with Gasteiger partial charge in [0.25, 0.3) is 5.91 Å². The smallest absolute Gasteiger partial charge is 0.259 e. The van der Waals surface area contributed by atoms with Crippen LogP contribution in [0.4, 0.5) is 0 Å². The normalized spacial score (nSPS) is 31.4. The molecular formula is C33H44ClN5O7S. The third-order valence-electron chi connectivity index (χ3n) is 9.90. The van der Waals surface area contributed by atoms with Gasteiger partial charge >= 0.3 is 0 Å². The molecule has 0 radical (unpaired) electrons. The second-order valence-corrected chi connectivity index (χ2v) is 15.4. The van der Waals surface area contributed by atoms with Gasteiger partial charge in [0.2, 0.25) is 27.7 Å². The molecule has 1 aromatic heterocycles. The van der Waals surface area contributed by atoms with Crippen LogP contribution < -0.4 is 25.2 Å². The number of nitrogens with one attached hydrogen (secondary N) is 2. The van der Waals surface area contributed by atoms with Crippen molar-refractivity contribution in [3.8, 4) is 11.6 Å². The number of halogens is 1. The molecule has 14 heteroatoms. The molecule has 2 aliphatic carbocycles. The van der Waals surface area contributed by atoms with E-state index in [0.29, 0.717) is 30.4 Å². The summed E-state index contributed by atoms with van der Waals surface area (Å²) in [5.41, 5.74) is 5.12. The molecule has 2 aromatic rings. The molecule has 3 heterocycles. The molecular weight excluding hydrogens is 646 g/mol. The Hall–Kier alpha value is -3.42. The minimum atomic E-state index is -3.84. The Bertz CT molecular complexity index is 1670. The van der Waals surface area contributed by atoms with Crippen molar-refractivity contribution in [2.24, 2.45) is 23.5 Å². The number of methoxy groups -OCH3 is 1. The zero-order valence-corrected chi connectivity index (χ0v) is 28.5. The average molecular weight is 690 g/mol. The van der Waals surface area contributed by atoms with Crippen LogP contribution in [0.3, 0.4) is 0 Å². The standard InChI is InChI=1S/C33H43N5O7S.ClH/c1-19-8-4-5-9-21-16-33(21,32(41)37-46(42,43)23-12-13-23)36-29(39)26-15-22(18-38(26)31(40)28(34)20(2)14-19)45-30-25-11-7-6-10-24(25)27(44-3)17-35-30;/h5-7,9-11,17,19-23,26,28H,4,8,12-16,18,34H2,1-3H3,(H,36,39)(H,37,41);1H/t19-,20-,21-,22-,26+,28+,33-;/m1./s1. The Kier molecular flexibility index (Phi) is 10.1. The minimum absolute atomic E-state index is 0. The van der Waals surface area contributed by atoms with Crippen molar-refractivity contribution in [1.29, 1.82) is 0 Å². The predicted molar refractivity (Wildman–Crippen MR) is 178 cm³/mol. The lowest BCUT2D eigenvalue weighted by molar-refractivity contribution is -0.141. The molecule has 6 rings (SSSR count). The minimum Gasteiger partial charge on any atom is -0.494 e. The van der Waals surface area contributed by atoms with Gasteiger partial charge in [0, 0.05) is 23.1 Å². The first kappa shape index (κ1) is 34.9. The van der Waals surface area contributed by atoms with Gasteiger partial charge < -0.3 is 25.4 Å². The van der Waals surface area contributed by atoms with Crippen LogP contribution in [-0.4, -0.2) is 78.7 Å². The van der Waals surface area contributed by atoms with Crippen LogP contribution in [0.1, 0.15) is 58.8 Å². The van der Waals surface area contributed by atoms with Gasteiger partial charge in [0.05, 0.1) is 31.1 Å². The number of pyridine rings is 1. The Labute approximate surface area is 281 Å². The van der Waals surface area contributed by atoms with E-state index in [9.17, 15) is 22.8 Å². The number of allylic oxidation sites excluding steroid dienone is 1. The number of fused-ring (bicyclic) bond motifs is 3. The monoisotopic (exact) mass is 689 g/mol. The van der Waals surface area contributed by atoms with E-state index in [1.54, 1.807) is 13.3 Å². The maximum atomic E-state index is 14.1. The van der Waals surface area contributed by atoms with Crippen molar-refractivity contribution in [1.82, 2.24) is 19.9 Å². The molecule has 7 atom stereocenters. The number of aromatic nitrogens is 1. The first-order valence-electron chi connectivity index (χ1n) is 16.1. The summed E-state index contributed by atoms with van der Waals surface area (Å²) in [6, 6.07) is 5.68. The zero-order valence-electron chi connectivity index (χ0n) is 26.9. The lowest BCUT2D eigenvalue weighted by atomic mass is 9.88. The van der Waals surface area contributed by atoms with Crippen molar-refractivity contribution in [3.05, 3.63) is 42.6 Å². The third kappa shape index (κ3) is 7.07. The van der Waals surface area contributed by atoms with Crippen molar-refractivity contribution < 1.29 is 32.3 Å². The lowest BCUT2D eigenvalue weighted by Crippen LogP contribution is -2.58. The van der Waals surface area contributed by atoms with Gasteiger partial charge in [-0.05, 0) is 56.4 Å². The number of hydrogen-bond donors (Lipinski definition) is 3. The number of rotatable bonds is 6. The summed E-state index contributed by atoms with van der Waals surface area (Å²) in [7, 11) is -2.27. The number of carbonyl (C=O) groups is 3. The summed E-state index contributed by atoms with van der Waals surface area (Å²) >= 11 is 0. The van der Waals surface area contributed by atoms with Crippen LogP contribution in [0, 0.1) is 17.8 Å². The van der Waals surface area contributed by atoms with E-state index in [2.05, 4.69) is 21.9 Å². The van der Waals surface area contributed by atoms with Gasteiger partial charge in [-0.2, -0.15) is 0 Å². The van der Waals surface area contributed by atoms with Crippen molar-refractivity contribution >= 4 is 50.9 Å². The van der Waals surface area contributed by atoms with E-state index in [1.807, 2.05) is 43.3 Å². The Balaban J connectivity index is 0.00000433. The Morgan fingerprint density at radius 1 is 1.13 bits per heavy atom. The van der Waals surface area contributed by atoms with Gasteiger partial charge in [-0.15, -0.1) is 12.4 Å². The van der Waals surface area contributed by atoms with Crippen LogP contribution in [0.15, 0.2) is 42.6 Å². The number of sulfonamides is 1. The number of nitrogens with zero attached hydrogens (tertiary/aromatic N) is 2. The summed E-state index contributed by atoms with van der Waals surface area (Å²) in [5, 5.41) is 3.83. The van der Waals surface area contributed by atoms with E-state index in [-0.39, 0.29) is 49.5 Å². The number of benzene rings is 1. The van der Waals surface area contributed by atoms with Gasteiger partial charge in [-0.1, -0.05) is 44.2 Å². The summed E-state index contributed by atoms with van der Waals surface area (Å²) in [6.07, 6.45) is 8.61. The molecule has 12 nitrogen and oxygen atoms in total. The Morgan fingerprint density at radius 3 is 2.55 bits per heavy atom. The third-order valence-corrected chi connectivity index (χ3v) is 11.7. The average Bonchev–Trinajstić information content (AvgIpc) is 3.95. The molecule has 3 amide bonds. The topological polar surface area (TPSA) is 170 Å². The van der Waals surface area contributed by atoms with Crippen LogP contribution in [-0.2, 0) is 24.4 Å². The maximum Gasteiger partial charge on any atom is 0.259 e. The predicted octanol–water partition coefficient (Wildman–Crippen LogP) is 2.84. The van der Waals surface area contributed by atoms with Gasteiger partial charge in [-0.25, -0.2) is 13.4 Å². The number of ether oxygens (including phenoxy) is 2. The molecule has 256 valence electrons. The quantitative estimate of drug-likeness (QED) is 0.386. The molecule has 47 heavy (non-hydrogen) atoms. The lowest BCUT2D eigenvalue weighted by Gasteiger charge is -2.30. The molecule has 2 saturated carbocycles. The highest BCUT2D eigenvalue weighted by atomic mass is 35.5. The molecule has 3 fully saturated rings. The highest BCUT2D eigenvalue weighted by Crippen LogP contribution is 2.46. The first-order valence-corrected chi connectivity index (χ1v) is 17.7. The first-order chi connectivity index (χ1) is 21.9. The van der Waals surface area contributed by atoms with Crippen molar-refractivity contribution in [2.75, 3.05) is 13.7 Å². The van der Waals surface area contributed by atoms with E-state index < -0.39 is 50.8 Å². The fourth-order valence-corrected chi connectivity index (χ4v) is 8.24. The highest BCUT2D eigenvalue weighted by Gasteiger charge is 2.62.